The predicted molar refractivity (Wildman–Crippen MR) is 121 cm³/mol. The molecular weight excluding hydrogens is 519 g/mol. The van der Waals surface area contributed by atoms with Crippen molar-refractivity contribution in [3.8, 4) is 0 Å². The van der Waals surface area contributed by atoms with Crippen LogP contribution in [0.2, 0.25) is 0 Å². The normalized spacial score (nSPS) is 10.6. The summed E-state index contributed by atoms with van der Waals surface area (Å²) in [7, 11) is -0.446. The van der Waals surface area contributed by atoms with Gasteiger partial charge in [0.25, 0.3) is 0 Å². The predicted octanol–water partition coefficient (Wildman–Crippen LogP) is -0.164. The van der Waals surface area contributed by atoms with Crippen LogP contribution < -0.4 is 34.1 Å². The molecule has 162 valence electrons. The van der Waals surface area contributed by atoms with E-state index in [0.29, 0.717) is 6.42 Å². The smallest absolute Gasteiger partial charge is 1.00 e. The molecule has 0 amide bonds. The maximum absolute atomic E-state index is 9.95. The minimum Gasteiger partial charge on any atom is -1.00 e. The van der Waals surface area contributed by atoms with Crippen LogP contribution in [0.3, 0.4) is 0 Å². The summed E-state index contributed by atoms with van der Waals surface area (Å²) in [4.78, 5) is 16.5. The van der Waals surface area contributed by atoms with Crippen LogP contribution in [-0.2, 0) is 31.6 Å². The van der Waals surface area contributed by atoms with Gasteiger partial charge in [-0.2, -0.15) is 0 Å². The second-order valence-corrected chi connectivity index (χ2v) is 8.57. The molecule has 0 saturated heterocycles. The van der Waals surface area contributed by atoms with Gasteiger partial charge in [0.2, 0.25) is 0 Å². The topological polar surface area (TPSA) is 71.8 Å². The minimum atomic E-state index is -0.541. The van der Waals surface area contributed by atoms with E-state index in [0.717, 1.165) is 5.69 Å². The van der Waals surface area contributed by atoms with Crippen LogP contribution in [0.5, 0.6) is 0 Å². The third kappa shape index (κ3) is 8.50. The number of aromatic nitrogens is 2. The molecule has 4 rings (SSSR count). The molecule has 0 unspecified atom stereocenters. The SMILES string of the molecule is N[C@H]([C-]=O)Cc1cnc[nH]1.[Cl-].[Pd+2].c1ccc(P(c2ccccc2)c2ccccc2)cc1. The number of imidazole rings is 1. The van der Waals surface area contributed by atoms with E-state index in [1.54, 1.807) is 18.8 Å². The van der Waals surface area contributed by atoms with E-state index in [4.69, 9.17) is 5.73 Å². The number of halogens is 1. The van der Waals surface area contributed by atoms with Gasteiger partial charge in [0.1, 0.15) is 0 Å². The number of H-pyrrole nitrogens is 1. The summed E-state index contributed by atoms with van der Waals surface area (Å²) in [5.41, 5.74) is 6.15. The van der Waals surface area contributed by atoms with Gasteiger partial charge in [-0.1, -0.05) is 97.0 Å². The summed E-state index contributed by atoms with van der Waals surface area (Å²) in [5.74, 6) is 0. The van der Waals surface area contributed by atoms with Gasteiger partial charge in [-0.25, -0.2) is 11.3 Å². The van der Waals surface area contributed by atoms with Gasteiger partial charge in [-0.3, -0.25) is 0 Å². The molecule has 0 aliphatic heterocycles. The van der Waals surface area contributed by atoms with Crippen molar-refractivity contribution < 1.29 is 37.6 Å². The summed E-state index contributed by atoms with van der Waals surface area (Å²) >= 11 is 0. The van der Waals surface area contributed by atoms with Gasteiger partial charge in [0, 0.05) is 11.9 Å². The third-order valence-electron chi connectivity index (χ3n) is 4.19. The van der Waals surface area contributed by atoms with Crippen molar-refractivity contribution in [2.45, 2.75) is 12.5 Å². The molecule has 31 heavy (non-hydrogen) atoms. The van der Waals surface area contributed by atoms with E-state index in [1.165, 1.54) is 15.9 Å². The number of hydrogen-bond acceptors (Lipinski definition) is 3. The van der Waals surface area contributed by atoms with E-state index in [2.05, 4.69) is 101 Å². The average Bonchev–Trinajstić information content (AvgIpc) is 3.30. The fraction of sp³-hybridized carbons (Fsp3) is 0.0833. The molecule has 0 bridgehead atoms. The molecule has 1 heterocycles. The molecule has 4 aromatic rings. The van der Waals surface area contributed by atoms with E-state index in [9.17, 15) is 4.79 Å². The average molecular weight is 542 g/mol. The molecule has 3 aromatic carbocycles. The third-order valence-corrected chi connectivity index (χ3v) is 6.63. The van der Waals surface area contributed by atoms with Gasteiger partial charge < -0.3 is 27.9 Å². The number of rotatable bonds is 6. The van der Waals surface area contributed by atoms with Gasteiger partial charge in [0.05, 0.1) is 6.33 Å². The molecule has 1 aromatic heterocycles. The Bertz CT molecular complexity index is 880. The summed E-state index contributed by atoms with van der Waals surface area (Å²) in [6.45, 7) is 0. The summed E-state index contributed by atoms with van der Waals surface area (Å²) in [5, 5.41) is 4.19. The molecule has 4 nitrogen and oxygen atoms in total. The van der Waals surface area contributed by atoms with Crippen molar-refractivity contribution >= 4 is 30.1 Å². The second kappa shape index (κ2) is 14.8. The van der Waals surface area contributed by atoms with E-state index >= 15 is 0 Å². The standard InChI is InChI=1S/C18H15P.C6H8N3O.ClH.Pd/c1-4-10-16(11-5-1)19(17-12-6-2-7-13-17)18-14-8-3-9-15-18;7-5(3-10)1-6-2-8-4-9-6;;/h1-15H;2,4-5H,1,7H2,(H,8,9);1H;/q;-1;;+2/p-1/t;5-;;/m.0../s1. The van der Waals surface area contributed by atoms with E-state index in [-0.39, 0.29) is 32.8 Å². The number of hydrogen-bond donors (Lipinski definition) is 2. The van der Waals surface area contributed by atoms with Crippen LogP contribution in [0.1, 0.15) is 5.69 Å². The zero-order valence-electron chi connectivity index (χ0n) is 16.7. The van der Waals surface area contributed by atoms with Crippen molar-refractivity contribution in [1.29, 1.82) is 0 Å². The van der Waals surface area contributed by atoms with Crippen molar-refractivity contribution in [3.63, 3.8) is 0 Å². The molecule has 0 fully saturated rings. The van der Waals surface area contributed by atoms with Crippen molar-refractivity contribution in [2.24, 2.45) is 5.73 Å². The fourth-order valence-electron chi connectivity index (χ4n) is 2.85. The second-order valence-electron chi connectivity index (χ2n) is 6.35. The Hall–Kier alpha value is -2.12. The molecular formula is C24H23ClN3OPPd. The summed E-state index contributed by atoms with van der Waals surface area (Å²) < 4.78 is 0. The number of benzene rings is 3. The summed E-state index contributed by atoms with van der Waals surface area (Å²) in [6, 6.07) is 31.8. The first-order chi connectivity index (χ1) is 14.3. The minimum absolute atomic E-state index is 0. The van der Waals surface area contributed by atoms with Crippen molar-refractivity contribution in [1.82, 2.24) is 9.97 Å². The van der Waals surface area contributed by atoms with Gasteiger partial charge >= 0.3 is 20.4 Å². The Balaban J connectivity index is 0.000000345. The fourth-order valence-corrected chi connectivity index (χ4v) is 5.16. The zero-order chi connectivity index (χ0) is 20.3. The Labute approximate surface area is 204 Å². The van der Waals surface area contributed by atoms with Crippen LogP contribution in [0.25, 0.3) is 0 Å². The number of aromatic amines is 1. The maximum atomic E-state index is 9.95. The van der Waals surface area contributed by atoms with Crippen molar-refractivity contribution in [3.05, 3.63) is 109 Å². The zero-order valence-corrected chi connectivity index (χ0v) is 19.9. The molecule has 0 aliphatic rings. The van der Waals surface area contributed by atoms with Gasteiger partial charge in [0.15, 0.2) is 0 Å². The number of carbonyl (C=O) groups excluding carboxylic acids is 1. The number of nitrogens with zero attached hydrogens (tertiary/aromatic N) is 1. The molecule has 0 spiro atoms. The molecule has 7 heteroatoms. The van der Waals surface area contributed by atoms with Crippen LogP contribution in [0.4, 0.5) is 0 Å². The van der Waals surface area contributed by atoms with Crippen LogP contribution in [0, 0.1) is 0 Å². The molecule has 0 saturated carbocycles. The first kappa shape index (κ1) is 26.9. The Morgan fingerprint density at radius 2 is 1.26 bits per heavy atom. The Kier molecular flexibility index (Phi) is 12.9. The Morgan fingerprint density at radius 3 is 1.58 bits per heavy atom. The van der Waals surface area contributed by atoms with Gasteiger partial charge in [-0.05, 0) is 30.3 Å². The van der Waals surface area contributed by atoms with Crippen LogP contribution >= 0.6 is 7.92 Å². The number of nitrogens with two attached hydrogens (primary N) is 1. The molecule has 3 N–H and O–H groups in total. The van der Waals surface area contributed by atoms with Crippen LogP contribution in [-0.4, -0.2) is 22.3 Å². The van der Waals surface area contributed by atoms with Crippen LogP contribution in [0.15, 0.2) is 104 Å². The number of nitrogens with one attached hydrogen (secondary N) is 1. The van der Waals surface area contributed by atoms with Crippen molar-refractivity contribution in [2.75, 3.05) is 0 Å². The molecule has 0 radical (unpaired) electrons. The quantitative estimate of drug-likeness (QED) is 0.202. The molecule has 0 aliphatic carbocycles. The van der Waals surface area contributed by atoms with E-state index in [1.807, 2.05) is 0 Å². The Morgan fingerprint density at radius 1 is 0.839 bits per heavy atom. The maximum Gasteiger partial charge on any atom is 2.00 e. The largest absolute Gasteiger partial charge is 2.00 e. The summed E-state index contributed by atoms with van der Waals surface area (Å²) in [6.07, 6.45) is 5.34. The van der Waals surface area contributed by atoms with Gasteiger partial charge in [-0.15, -0.1) is 0 Å². The molecule has 1 atom stereocenters. The first-order valence-corrected chi connectivity index (χ1v) is 10.7. The monoisotopic (exact) mass is 541 g/mol. The van der Waals surface area contributed by atoms with E-state index < -0.39 is 14.0 Å². The first-order valence-electron chi connectivity index (χ1n) is 9.33.